The normalized spacial score (nSPS) is 12.5. The summed E-state index contributed by atoms with van der Waals surface area (Å²) in [5.41, 5.74) is 1.68. The smallest absolute Gasteiger partial charge is 0.264 e. The van der Waals surface area contributed by atoms with E-state index in [-0.39, 0.29) is 35.5 Å². The van der Waals surface area contributed by atoms with E-state index in [0.717, 1.165) is 32.0 Å². The molecule has 0 unspecified atom stereocenters. The van der Waals surface area contributed by atoms with Gasteiger partial charge in [-0.2, -0.15) is 0 Å². The van der Waals surface area contributed by atoms with Crippen LogP contribution in [0.4, 0.5) is 10.1 Å². The van der Waals surface area contributed by atoms with Crippen LogP contribution in [0, 0.1) is 5.82 Å². The molecule has 0 saturated carbocycles. The van der Waals surface area contributed by atoms with Crippen molar-refractivity contribution in [1.29, 1.82) is 0 Å². The van der Waals surface area contributed by atoms with Crippen LogP contribution in [-0.2, 0) is 32.6 Å². The summed E-state index contributed by atoms with van der Waals surface area (Å²) < 4.78 is 49.1. The number of ether oxygens (including phenoxy) is 1. The number of amides is 2. The van der Waals surface area contributed by atoms with Gasteiger partial charge in [-0.25, -0.2) is 12.8 Å². The van der Waals surface area contributed by atoms with Gasteiger partial charge in [-0.3, -0.25) is 13.9 Å². The number of sulfonamides is 1. The number of carbonyl (C=O) groups excluding carboxylic acids is 2. The van der Waals surface area contributed by atoms with Crippen molar-refractivity contribution in [3.05, 3.63) is 125 Å². The largest absolute Gasteiger partial charge is 0.497 e. The maximum atomic E-state index is 14.5. The molecular weight excluding hydrogens is 673 g/mol. The quantitative estimate of drug-likeness (QED) is 0.165. The van der Waals surface area contributed by atoms with Crippen LogP contribution in [0.2, 0.25) is 0 Å². The predicted molar refractivity (Wildman–Crippen MR) is 180 cm³/mol. The van der Waals surface area contributed by atoms with Gasteiger partial charge in [0.25, 0.3) is 10.0 Å². The Bertz CT molecular complexity index is 1700. The van der Waals surface area contributed by atoms with Crippen molar-refractivity contribution in [3.8, 4) is 5.75 Å². The van der Waals surface area contributed by atoms with Gasteiger partial charge in [-0.1, -0.05) is 65.3 Å². The maximum Gasteiger partial charge on any atom is 0.264 e. The number of methoxy groups -OCH3 is 1. The SMILES string of the molecule is CC[C@H](C)NC(=O)[C@@H](Cc1ccccc1)N(Cc1ccc(Br)cc1)C(=O)CN(c1ccc(F)cc1)S(=O)(=O)c1ccc(OC)cc1. The highest BCUT2D eigenvalue weighted by molar-refractivity contribution is 9.10. The Labute approximate surface area is 278 Å². The van der Waals surface area contributed by atoms with E-state index in [4.69, 9.17) is 4.74 Å². The van der Waals surface area contributed by atoms with Crippen LogP contribution < -0.4 is 14.4 Å². The first-order chi connectivity index (χ1) is 22.0. The fraction of sp³-hybridized carbons (Fsp3) is 0.257. The summed E-state index contributed by atoms with van der Waals surface area (Å²) in [5, 5.41) is 3.01. The summed E-state index contributed by atoms with van der Waals surface area (Å²) in [6.45, 7) is 3.23. The molecule has 242 valence electrons. The maximum absolute atomic E-state index is 14.5. The molecule has 0 saturated heterocycles. The van der Waals surface area contributed by atoms with Gasteiger partial charge in [0.05, 0.1) is 17.7 Å². The van der Waals surface area contributed by atoms with Gasteiger partial charge in [0.2, 0.25) is 11.8 Å². The van der Waals surface area contributed by atoms with Crippen LogP contribution in [-0.4, -0.2) is 50.9 Å². The Morgan fingerprint density at radius 2 is 1.52 bits per heavy atom. The molecule has 11 heteroatoms. The lowest BCUT2D eigenvalue weighted by Gasteiger charge is -2.34. The third-order valence-electron chi connectivity index (χ3n) is 7.58. The highest BCUT2D eigenvalue weighted by atomic mass is 79.9. The molecule has 2 atom stereocenters. The van der Waals surface area contributed by atoms with Crippen LogP contribution in [0.5, 0.6) is 5.75 Å². The van der Waals surface area contributed by atoms with Crippen molar-refractivity contribution >= 4 is 43.5 Å². The molecule has 8 nitrogen and oxygen atoms in total. The molecule has 2 amide bonds. The molecule has 0 bridgehead atoms. The minimum Gasteiger partial charge on any atom is -0.497 e. The van der Waals surface area contributed by atoms with Crippen molar-refractivity contribution in [2.75, 3.05) is 18.0 Å². The Balaban J connectivity index is 1.80. The van der Waals surface area contributed by atoms with E-state index in [1.165, 1.54) is 48.4 Å². The Morgan fingerprint density at radius 3 is 2.11 bits per heavy atom. The summed E-state index contributed by atoms with van der Waals surface area (Å²) in [5.74, 6) is -1.06. The second kappa shape index (κ2) is 15.9. The molecule has 4 rings (SSSR count). The molecule has 0 aliphatic heterocycles. The number of hydrogen-bond acceptors (Lipinski definition) is 5. The highest BCUT2D eigenvalue weighted by Crippen LogP contribution is 2.27. The van der Waals surface area contributed by atoms with Gasteiger partial charge in [0, 0.05) is 23.5 Å². The lowest BCUT2D eigenvalue weighted by Crippen LogP contribution is -2.54. The fourth-order valence-corrected chi connectivity index (χ4v) is 6.47. The molecule has 4 aromatic rings. The topological polar surface area (TPSA) is 96.0 Å². The highest BCUT2D eigenvalue weighted by Gasteiger charge is 2.35. The average Bonchev–Trinajstić information content (AvgIpc) is 3.06. The van der Waals surface area contributed by atoms with Crippen molar-refractivity contribution in [2.24, 2.45) is 0 Å². The van der Waals surface area contributed by atoms with Gasteiger partial charge in [-0.05, 0) is 85.1 Å². The standard InChI is InChI=1S/C35H37BrFN3O5S/c1-4-25(2)38-35(42)33(22-26-8-6-5-7-9-26)39(23-27-10-12-28(36)13-11-27)34(41)24-40(30-16-14-29(37)15-17-30)46(43,44)32-20-18-31(45-3)19-21-32/h5-21,25,33H,4,22-24H2,1-3H3,(H,38,42)/t25-,33+/m0/s1. The number of halogens is 2. The van der Waals surface area contributed by atoms with Crippen LogP contribution in [0.3, 0.4) is 0 Å². The molecule has 46 heavy (non-hydrogen) atoms. The van der Waals surface area contributed by atoms with E-state index >= 15 is 0 Å². The van der Waals surface area contributed by atoms with Gasteiger partial charge in [-0.15, -0.1) is 0 Å². The molecule has 4 aromatic carbocycles. The predicted octanol–water partition coefficient (Wildman–Crippen LogP) is 6.35. The van der Waals surface area contributed by atoms with Crippen molar-refractivity contribution in [1.82, 2.24) is 10.2 Å². The first-order valence-electron chi connectivity index (χ1n) is 14.8. The average molecular weight is 711 g/mol. The molecule has 1 N–H and O–H groups in total. The van der Waals surface area contributed by atoms with Crippen LogP contribution in [0.15, 0.2) is 112 Å². The Morgan fingerprint density at radius 1 is 0.891 bits per heavy atom. The molecule has 0 spiro atoms. The fourth-order valence-electron chi connectivity index (χ4n) is 4.79. The number of hydrogen-bond donors (Lipinski definition) is 1. The number of nitrogens with one attached hydrogen (secondary N) is 1. The van der Waals surface area contributed by atoms with Crippen molar-refractivity contribution in [2.45, 2.75) is 50.2 Å². The lowest BCUT2D eigenvalue weighted by atomic mass is 10.0. The molecule has 0 aromatic heterocycles. The number of rotatable bonds is 14. The van der Waals surface area contributed by atoms with E-state index < -0.39 is 34.3 Å². The minimum absolute atomic E-state index is 0.0391. The van der Waals surface area contributed by atoms with E-state index in [9.17, 15) is 22.4 Å². The van der Waals surface area contributed by atoms with Crippen LogP contribution in [0.25, 0.3) is 0 Å². The summed E-state index contributed by atoms with van der Waals surface area (Å²) >= 11 is 3.44. The molecule has 0 fully saturated rings. The third kappa shape index (κ3) is 8.95. The Hall–Kier alpha value is -4.22. The monoisotopic (exact) mass is 709 g/mol. The molecule has 0 radical (unpaired) electrons. The van der Waals surface area contributed by atoms with E-state index in [0.29, 0.717) is 12.2 Å². The Kier molecular flexibility index (Phi) is 11.9. The van der Waals surface area contributed by atoms with Crippen LogP contribution >= 0.6 is 15.9 Å². The third-order valence-corrected chi connectivity index (χ3v) is 9.90. The number of benzene rings is 4. The van der Waals surface area contributed by atoms with Crippen LogP contribution in [0.1, 0.15) is 31.4 Å². The molecule has 0 aliphatic carbocycles. The molecule has 0 heterocycles. The molecular formula is C35H37BrFN3O5S. The second-order valence-electron chi connectivity index (χ2n) is 10.8. The van der Waals surface area contributed by atoms with E-state index in [1.807, 2.05) is 68.4 Å². The lowest BCUT2D eigenvalue weighted by molar-refractivity contribution is -0.140. The summed E-state index contributed by atoms with van der Waals surface area (Å²) in [6.07, 6.45) is 0.885. The zero-order valence-corrected chi connectivity index (χ0v) is 28.3. The van der Waals surface area contributed by atoms with Crippen molar-refractivity contribution in [3.63, 3.8) is 0 Å². The number of carbonyl (C=O) groups is 2. The summed E-state index contributed by atoms with van der Waals surface area (Å²) in [7, 11) is -2.86. The van der Waals surface area contributed by atoms with E-state index in [1.54, 1.807) is 0 Å². The zero-order chi connectivity index (χ0) is 33.3. The summed E-state index contributed by atoms with van der Waals surface area (Å²) in [6, 6.07) is 26.2. The number of nitrogens with zero attached hydrogens (tertiary/aromatic N) is 2. The molecule has 0 aliphatic rings. The first kappa shape index (κ1) is 34.6. The second-order valence-corrected chi connectivity index (χ2v) is 13.6. The van der Waals surface area contributed by atoms with Crippen molar-refractivity contribution < 1.29 is 27.1 Å². The zero-order valence-electron chi connectivity index (χ0n) is 25.9. The number of anilines is 1. The van der Waals surface area contributed by atoms with Gasteiger partial charge >= 0.3 is 0 Å². The minimum atomic E-state index is -4.33. The van der Waals surface area contributed by atoms with Gasteiger partial charge in [0.1, 0.15) is 24.2 Å². The summed E-state index contributed by atoms with van der Waals surface area (Å²) in [4.78, 5) is 29.7. The van der Waals surface area contributed by atoms with Gasteiger partial charge in [0.15, 0.2) is 0 Å². The van der Waals surface area contributed by atoms with Gasteiger partial charge < -0.3 is 15.0 Å². The first-order valence-corrected chi connectivity index (χ1v) is 17.1. The van der Waals surface area contributed by atoms with E-state index in [2.05, 4.69) is 21.2 Å².